The minimum absolute atomic E-state index is 0.00332. The molecule has 52 heavy (non-hydrogen) atoms. The molecule has 0 unspecified atom stereocenters. The zero-order valence-electron chi connectivity index (χ0n) is 30.3. The predicted molar refractivity (Wildman–Crippen MR) is 197 cm³/mol. The van der Waals surface area contributed by atoms with Gasteiger partial charge in [-0.25, -0.2) is 14.6 Å². The smallest absolute Gasteiger partial charge is 0.408 e. The molecule has 0 saturated carbocycles. The number of carbonyl (C=O) groups excluding carboxylic acids is 6. The number of rotatable bonds is 19. The summed E-state index contributed by atoms with van der Waals surface area (Å²) >= 11 is 3.14. The molecule has 2 aromatic carbocycles. The van der Waals surface area contributed by atoms with Gasteiger partial charge in [0.1, 0.15) is 30.5 Å². The molecule has 3 atom stereocenters. The molecule has 0 aromatic heterocycles. The van der Waals surface area contributed by atoms with Gasteiger partial charge in [0, 0.05) is 6.54 Å². The lowest BCUT2D eigenvalue weighted by Crippen LogP contribution is -2.59. The lowest BCUT2D eigenvalue weighted by molar-refractivity contribution is -0.142. The number of unbranched alkanes of at least 4 members (excludes halogenated alkanes) is 1. The van der Waals surface area contributed by atoms with Crippen LogP contribution in [0.5, 0.6) is 5.75 Å². The van der Waals surface area contributed by atoms with Crippen LogP contribution in [0.4, 0.5) is 9.59 Å². The van der Waals surface area contributed by atoms with Gasteiger partial charge in [0.05, 0.1) is 19.0 Å². The molecule has 6 N–H and O–H groups in total. The number of alkyl carbamates (subject to hydrolysis) is 2. The Bertz CT molecular complexity index is 1460. The van der Waals surface area contributed by atoms with Gasteiger partial charge in [-0.3, -0.25) is 24.6 Å². The van der Waals surface area contributed by atoms with E-state index in [1.165, 1.54) is 19.2 Å². The summed E-state index contributed by atoms with van der Waals surface area (Å²) < 4.78 is 9.89. The summed E-state index contributed by atoms with van der Waals surface area (Å²) in [6.07, 6.45) is -0.232. The van der Waals surface area contributed by atoms with Gasteiger partial charge >= 0.3 is 12.2 Å². The average Bonchev–Trinajstić information content (AvgIpc) is 3.12. The highest BCUT2D eigenvalue weighted by atomic mass is 79.9. The third kappa shape index (κ3) is 16.0. The van der Waals surface area contributed by atoms with E-state index in [9.17, 15) is 33.9 Å². The van der Waals surface area contributed by atoms with Crippen molar-refractivity contribution in [1.29, 1.82) is 0 Å². The Hall–Kier alpha value is -4.86. The number of phenols is 1. The largest absolute Gasteiger partial charge is 0.508 e. The first-order chi connectivity index (χ1) is 24.7. The molecule has 0 aliphatic heterocycles. The Morgan fingerprint density at radius 2 is 1.44 bits per heavy atom. The molecule has 15 nitrogen and oxygen atoms in total. The Labute approximate surface area is 313 Å². The van der Waals surface area contributed by atoms with Gasteiger partial charge < -0.3 is 35.8 Å². The Balaban J connectivity index is 2.22. The number of nitrogens with zero attached hydrogens (tertiary/aromatic N) is 1. The van der Waals surface area contributed by atoms with Gasteiger partial charge in [-0.2, -0.15) is 0 Å². The highest BCUT2D eigenvalue weighted by molar-refractivity contribution is 9.09. The van der Waals surface area contributed by atoms with Crippen LogP contribution in [0.15, 0.2) is 54.6 Å². The first kappa shape index (κ1) is 43.3. The second-order valence-corrected chi connectivity index (χ2v) is 13.4. The third-order valence-corrected chi connectivity index (χ3v) is 8.20. The molecule has 16 heteroatoms. The number of hydrazine groups is 1. The van der Waals surface area contributed by atoms with Crippen LogP contribution in [0.25, 0.3) is 0 Å². The van der Waals surface area contributed by atoms with Crippen LogP contribution in [0, 0.1) is 11.8 Å². The molecule has 0 fully saturated rings. The number of amides is 6. The first-order valence-electron chi connectivity index (χ1n) is 17.1. The number of ether oxygens (including phenoxy) is 2. The molecule has 0 aliphatic carbocycles. The third-order valence-electron chi connectivity index (χ3n) is 7.72. The number of nitrogens with one attached hydrogen (secondary N) is 5. The van der Waals surface area contributed by atoms with Crippen molar-refractivity contribution in [2.24, 2.45) is 11.8 Å². The van der Waals surface area contributed by atoms with E-state index >= 15 is 0 Å². The fourth-order valence-corrected chi connectivity index (χ4v) is 5.23. The van der Waals surface area contributed by atoms with Crippen LogP contribution >= 0.6 is 15.9 Å². The van der Waals surface area contributed by atoms with Crippen LogP contribution in [-0.2, 0) is 41.8 Å². The Morgan fingerprint density at radius 1 is 0.788 bits per heavy atom. The van der Waals surface area contributed by atoms with Crippen LogP contribution in [0.1, 0.15) is 64.5 Å². The fraction of sp³-hybridized carbons (Fsp3) is 0.500. The molecular weight excluding hydrogens is 740 g/mol. The van der Waals surface area contributed by atoms with E-state index in [1.54, 1.807) is 38.1 Å². The van der Waals surface area contributed by atoms with Crippen LogP contribution < -0.4 is 26.7 Å². The molecule has 0 aliphatic rings. The summed E-state index contributed by atoms with van der Waals surface area (Å²) in [5.41, 5.74) is 4.02. The number of aromatic hydroxyl groups is 1. The lowest BCUT2D eigenvalue weighted by atomic mass is 10.0. The van der Waals surface area contributed by atoms with Crippen molar-refractivity contribution in [2.45, 2.75) is 84.7 Å². The zero-order chi connectivity index (χ0) is 38.6. The number of carbonyl (C=O) groups is 6. The maximum absolute atomic E-state index is 13.8. The molecule has 0 heterocycles. The summed E-state index contributed by atoms with van der Waals surface area (Å²) in [7, 11) is 1.24. The minimum Gasteiger partial charge on any atom is -0.508 e. The normalized spacial score (nSPS) is 12.5. The van der Waals surface area contributed by atoms with Gasteiger partial charge in [0.2, 0.25) is 11.8 Å². The van der Waals surface area contributed by atoms with Crippen LogP contribution in [0.3, 0.4) is 0 Å². The fourth-order valence-electron chi connectivity index (χ4n) is 4.93. The van der Waals surface area contributed by atoms with Gasteiger partial charge in [0.15, 0.2) is 0 Å². The van der Waals surface area contributed by atoms with Crippen molar-refractivity contribution >= 4 is 51.7 Å². The minimum atomic E-state index is -1.13. The standard InChI is InChI=1S/C36H51BrN6O9/c1-23(2)19-29(33(47)42-43(30(45)20-37)21-25-14-16-27(44)17-15-25)40-32(46)28(13-9-10-18-38-35(49)51-5)39-34(48)31(24(3)4)41-36(50)52-22-26-11-7-6-8-12-26/h6-8,11-12,14-17,23-24,28-29,31,44H,9-10,13,18-22H2,1-5H3,(H,38,49)(H,39,48)(H,40,46)(H,41,50)(H,42,47)/t28-,29-,31-/m0/s1. The number of hydrogen-bond acceptors (Lipinski definition) is 9. The predicted octanol–water partition coefficient (Wildman–Crippen LogP) is 3.64. The van der Waals surface area contributed by atoms with Crippen molar-refractivity contribution in [2.75, 3.05) is 19.0 Å². The molecule has 6 amide bonds. The van der Waals surface area contributed by atoms with Crippen LogP contribution in [-0.4, -0.2) is 83.0 Å². The second kappa shape index (κ2) is 22.9. The van der Waals surface area contributed by atoms with E-state index in [2.05, 4.69) is 47.4 Å². The van der Waals surface area contributed by atoms with Crippen molar-refractivity contribution in [1.82, 2.24) is 31.7 Å². The highest BCUT2D eigenvalue weighted by Crippen LogP contribution is 2.13. The van der Waals surface area contributed by atoms with Crippen molar-refractivity contribution in [3.05, 3.63) is 65.7 Å². The summed E-state index contributed by atoms with van der Waals surface area (Å²) in [4.78, 5) is 78.0. The topological polar surface area (TPSA) is 204 Å². The number of halogens is 1. The van der Waals surface area contributed by atoms with E-state index in [1.807, 2.05) is 32.0 Å². The maximum Gasteiger partial charge on any atom is 0.408 e. The zero-order valence-corrected chi connectivity index (χ0v) is 31.9. The highest BCUT2D eigenvalue weighted by Gasteiger charge is 2.32. The molecule has 2 aromatic rings. The van der Waals surface area contributed by atoms with Crippen molar-refractivity contribution < 1.29 is 43.3 Å². The van der Waals surface area contributed by atoms with E-state index in [4.69, 9.17) is 4.74 Å². The van der Waals surface area contributed by atoms with E-state index in [0.717, 1.165) is 10.6 Å². The Kier molecular flexibility index (Phi) is 19.0. The average molecular weight is 792 g/mol. The van der Waals surface area contributed by atoms with Gasteiger partial charge in [0.25, 0.3) is 11.8 Å². The molecule has 0 radical (unpaired) electrons. The molecule has 2 rings (SSSR count). The number of phenolic OH excluding ortho intramolecular Hbond substituents is 1. The number of hydrogen-bond donors (Lipinski definition) is 6. The Morgan fingerprint density at radius 3 is 2.04 bits per heavy atom. The summed E-state index contributed by atoms with van der Waals surface area (Å²) in [5, 5.41) is 21.3. The molecule has 0 saturated heterocycles. The SMILES string of the molecule is COC(=O)NCCCC[C@H](NC(=O)[C@@H](NC(=O)OCc1ccccc1)C(C)C)C(=O)N[C@@H](CC(C)C)C(=O)NN(Cc1ccc(O)cc1)C(=O)CBr. The number of alkyl halides is 1. The summed E-state index contributed by atoms with van der Waals surface area (Å²) in [5.74, 6) is -2.77. The monoisotopic (exact) mass is 790 g/mol. The molecule has 0 bridgehead atoms. The van der Waals surface area contributed by atoms with Gasteiger partial charge in [-0.05, 0) is 60.8 Å². The van der Waals surface area contributed by atoms with E-state index in [0.29, 0.717) is 18.4 Å². The van der Waals surface area contributed by atoms with Crippen molar-refractivity contribution in [3.8, 4) is 5.75 Å². The van der Waals surface area contributed by atoms with Crippen LogP contribution in [0.2, 0.25) is 0 Å². The van der Waals surface area contributed by atoms with Gasteiger partial charge in [-0.15, -0.1) is 0 Å². The van der Waals surface area contributed by atoms with Crippen molar-refractivity contribution in [3.63, 3.8) is 0 Å². The lowest BCUT2D eigenvalue weighted by Gasteiger charge is -2.29. The molecule has 286 valence electrons. The van der Waals surface area contributed by atoms with E-state index in [-0.39, 0.29) is 55.5 Å². The summed E-state index contributed by atoms with van der Waals surface area (Å²) in [6.45, 7) is 7.45. The molecular formula is C36H51BrN6O9. The second-order valence-electron chi connectivity index (χ2n) is 12.8. The summed E-state index contributed by atoms with van der Waals surface area (Å²) in [6, 6.07) is 11.9. The van der Waals surface area contributed by atoms with E-state index < -0.39 is 53.9 Å². The maximum atomic E-state index is 13.8. The quantitative estimate of drug-likeness (QED) is 0.0698. The van der Waals surface area contributed by atoms with Gasteiger partial charge in [-0.1, -0.05) is 86.1 Å². The number of benzene rings is 2. The molecule has 0 spiro atoms. The first-order valence-corrected chi connectivity index (χ1v) is 18.2. The number of methoxy groups -OCH3 is 1.